The van der Waals surface area contributed by atoms with Crippen molar-refractivity contribution in [2.75, 3.05) is 0 Å². The molecule has 1 N–H and O–H groups in total. The molecule has 1 amide bonds. The molecule has 0 bridgehead atoms. The van der Waals surface area contributed by atoms with E-state index in [1.165, 1.54) is 0 Å². The topological polar surface area (TPSA) is 42.0 Å². The molecule has 3 aromatic heterocycles. The smallest absolute Gasteiger partial charge is 0.244 e. The first-order valence-electron chi connectivity index (χ1n) is 6.77. The molecule has 110 valence electrons. The van der Waals surface area contributed by atoms with Crippen molar-refractivity contribution < 1.29 is 4.79 Å². The first-order valence-corrected chi connectivity index (χ1v) is 8.59. The molecule has 0 saturated heterocycles. The second kappa shape index (κ2) is 7.15. The van der Waals surface area contributed by atoms with Crippen LogP contribution in [0.15, 0.2) is 58.9 Å². The third-order valence-corrected chi connectivity index (χ3v) is 4.58. The normalized spacial score (nSPS) is 10.9. The van der Waals surface area contributed by atoms with Crippen molar-refractivity contribution in [3.05, 3.63) is 69.3 Å². The second-order valence-electron chi connectivity index (χ2n) is 4.66. The van der Waals surface area contributed by atoms with Crippen LogP contribution in [0.1, 0.15) is 10.4 Å². The van der Waals surface area contributed by atoms with Gasteiger partial charge in [0.25, 0.3) is 0 Å². The summed E-state index contributed by atoms with van der Waals surface area (Å²) >= 11 is 3.26. The molecule has 0 spiro atoms. The molecular formula is C17H14N2OS2. The fraction of sp³-hybridized carbons (Fsp3) is 0.0588. The number of carbonyl (C=O) groups excluding carboxylic acids is 1. The standard InChI is InChI=1S/C17H14N2OS2/c20-17(4-3-16-2-1-6-22-16)19-10-13-8-15(11-18-9-13)14-5-7-21-12-14/h1-9,11-12H,10H2,(H,19,20). The third-order valence-electron chi connectivity index (χ3n) is 3.06. The van der Waals surface area contributed by atoms with Crippen molar-refractivity contribution >= 4 is 34.7 Å². The molecule has 0 radical (unpaired) electrons. The zero-order valence-corrected chi connectivity index (χ0v) is 13.4. The van der Waals surface area contributed by atoms with Gasteiger partial charge in [-0.15, -0.1) is 11.3 Å². The number of aromatic nitrogens is 1. The predicted molar refractivity (Wildman–Crippen MR) is 92.7 cm³/mol. The first kappa shape index (κ1) is 14.7. The van der Waals surface area contributed by atoms with Crippen molar-refractivity contribution in [3.8, 4) is 11.1 Å². The number of rotatable bonds is 5. The van der Waals surface area contributed by atoms with Gasteiger partial charge in [-0.05, 0) is 51.5 Å². The Morgan fingerprint density at radius 1 is 1.23 bits per heavy atom. The van der Waals surface area contributed by atoms with Crippen LogP contribution in [-0.4, -0.2) is 10.9 Å². The number of amides is 1. The van der Waals surface area contributed by atoms with Crippen LogP contribution in [0.4, 0.5) is 0 Å². The molecule has 0 unspecified atom stereocenters. The highest BCUT2D eigenvalue weighted by Gasteiger charge is 2.02. The number of hydrogen-bond acceptors (Lipinski definition) is 4. The van der Waals surface area contributed by atoms with Gasteiger partial charge in [0, 0.05) is 35.5 Å². The highest BCUT2D eigenvalue weighted by molar-refractivity contribution is 7.10. The lowest BCUT2D eigenvalue weighted by Gasteiger charge is -2.04. The summed E-state index contributed by atoms with van der Waals surface area (Å²) in [5.74, 6) is -0.102. The van der Waals surface area contributed by atoms with Crippen molar-refractivity contribution in [3.63, 3.8) is 0 Å². The molecule has 0 saturated carbocycles. The second-order valence-corrected chi connectivity index (χ2v) is 6.42. The molecule has 3 nitrogen and oxygen atoms in total. The fourth-order valence-corrected chi connectivity index (χ4v) is 3.25. The van der Waals surface area contributed by atoms with Gasteiger partial charge >= 0.3 is 0 Å². The molecule has 0 aromatic carbocycles. The van der Waals surface area contributed by atoms with Crippen LogP contribution in [-0.2, 0) is 11.3 Å². The van der Waals surface area contributed by atoms with E-state index in [1.807, 2.05) is 35.2 Å². The Morgan fingerprint density at radius 3 is 2.95 bits per heavy atom. The van der Waals surface area contributed by atoms with Crippen molar-refractivity contribution in [1.29, 1.82) is 0 Å². The van der Waals surface area contributed by atoms with Gasteiger partial charge in [-0.2, -0.15) is 11.3 Å². The molecule has 0 fully saturated rings. The zero-order chi connectivity index (χ0) is 15.2. The van der Waals surface area contributed by atoms with Crippen molar-refractivity contribution in [2.45, 2.75) is 6.54 Å². The van der Waals surface area contributed by atoms with Gasteiger partial charge < -0.3 is 5.32 Å². The van der Waals surface area contributed by atoms with Crippen LogP contribution >= 0.6 is 22.7 Å². The Bertz CT molecular complexity index is 762. The van der Waals surface area contributed by atoms with E-state index in [0.29, 0.717) is 6.54 Å². The van der Waals surface area contributed by atoms with Crippen LogP contribution < -0.4 is 5.32 Å². The molecular weight excluding hydrogens is 312 g/mol. The minimum Gasteiger partial charge on any atom is -0.348 e. The Labute approximate surface area is 137 Å². The predicted octanol–water partition coefficient (Wildman–Crippen LogP) is 4.20. The van der Waals surface area contributed by atoms with E-state index < -0.39 is 0 Å². The summed E-state index contributed by atoms with van der Waals surface area (Å²) in [5.41, 5.74) is 3.21. The number of nitrogens with zero attached hydrogens (tertiary/aromatic N) is 1. The van der Waals surface area contributed by atoms with Gasteiger partial charge in [-0.3, -0.25) is 9.78 Å². The maximum absolute atomic E-state index is 11.8. The van der Waals surface area contributed by atoms with Gasteiger partial charge in [0.15, 0.2) is 0 Å². The Kier molecular flexibility index (Phi) is 4.78. The Morgan fingerprint density at radius 2 is 2.18 bits per heavy atom. The van der Waals surface area contributed by atoms with Crippen LogP contribution in [0.25, 0.3) is 17.2 Å². The summed E-state index contributed by atoms with van der Waals surface area (Å²) in [6.45, 7) is 0.471. The summed E-state index contributed by atoms with van der Waals surface area (Å²) in [4.78, 5) is 17.1. The number of pyridine rings is 1. The summed E-state index contributed by atoms with van der Waals surface area (Å²) in [6, 6.07) is 8.05. The van der Waals surface area contributed by atoms with E-state index >= 15 is 0 Å². The Hall–Kier alpha value is -2.24. The largest absolute Gasteiger partial charge is 0.348 e. The summed E-state index contributed by atoms with van der Waals surface area (Å²) in [7, 11) is 0. The van der Waals surface area contributed by atoms with E-state index in [0.717, 1.165) is 21.6 Å². The highest BCUT2D eigenvalue weighted by Crippen LogP contribution is 2.21. The first-order chi connectivity index (χ1) is 10.8. The van der Waals surface area contributed by atoms with Gasteiger partial charge in [0.1, 0.15) is 0 Å². The molecule has 5 heteroatoms. The minimum absolute atomic E-state index is 0.102. The van der Waals surface area contributed by atoms with Crippen LogP contribution in [0.5, 0.6) is 0 Å². The summed E-state index contributed by atoms with van der Waals surface area (Å²) < 4.78 is 0. The van der Waals surface area contributed by atoms with Crippen molar-refractivity contribution in [2.24, 2.45) is 0 Å². The quantitative estimate of drug-likeness (QED) is 0.714. The number of carbonyl (C=O) groups is 1. The van der Waals surface area contributed by atoms with Gasteiger partial charge in [0.05, 0.1) is 0 Å². The van der Waals surface area contributed by atoms with E-state index in [4.69, 9.17) is 0 Å². The third kappa shape index (κ3) is 3.90. The molecule has 0 aliphatic rings. The Balaban J connectivity index is 1.59. The maximum atomic E-state index is 11.8. The van der Waals surface area contributed by atoms with E-state index in [-0.39, 0.29) is 5.91 Å². The summed E-state index contributed by atoms with van der Waals surface area (Å²) in [5, 5.41) is 8.99. The van der Waals surface area contributed by atoms with E-state index in [1.54, 1.807) is 34.9 Å². The number of nitrogens with one attached hydrogen (secondary N) is 1. The van der Waals surface area contributed by atoms with Crippen molar-refractivity contribution in [1.82, 2.24) is 10.3 Å². The summed E-state index contributed by atoms with van der Waals surface area (Å²) in [6.07, 6.45) is 6.99. The number of thiophene rings is 2. The molecule has 0 atom stereocenters. The van der Waals surface area contributed by atoms with Gasteiger partial charge in [-0.1, -0.05) is 6.07 Å². The zero-order valence-electron chi connectivity index (χ0n) is 11.7. The van der Waals surface area contributed by atoms with E-state index in [2.05, 4.69) is 27.8 Å². The molecule has 3 aromatic rings. The lowest BCUT2D eigenvalue weighted by molar-refractivity contribution is -0.116. The molecule has 0 aliphatic heterocycles. The average Bonchev–Trinajstić information content (AvgIpc) is 3.24. The molecule has 3 heterocycles. The molecule has 0 aliphatic carbocycles. The SMILES string of the molecule is O=C(C=Cc1cccs1)NCc1cncc(-c2ccsc2)c1. The lowest BCUT2D eigenvalue weighted by atomic mass is 10.1. The lowest BCUT2D eigenvalue weighted by Crippen LogP contribution is -2.20. The maximum Gasteiger partial charge on any atom is 0.244 e. The molecule has 22 heavy (non-hydrogen) atoms. The average molecular weight is 326 g/mol. The molecule has 3 rings (SSSR count). The van der Waals surface area contributed by atoms with Gasteiger partial charge in [-0.25, -0.2) is 0 Å². The minimum atomic E-state index is -0.102. The van der Waals surface area contributed by atoms with Gasteiger partial charge in [0.2, 0.25) is 5.91 Å². The van der Waals surface area contributed by atoms with Crippen LogP contribution in [0.2, 0.25) is 0 Å². The highest BCUT2D eigenvalue weighted by atomic mass is 32.1. The monoisotopic (exact) mass is 326 g/mol. The van der Waals surface area contributed by atoms with Crippen LogP contribution in [0, 0.1) is 0 Å². The van der Waals surface area contributed by atoms with E-state index in [9.17, 15) is 4.79 Å². The number of hydrogen-bond donors (Lipinski definition) is 1. The van der Waals surface area contributed by atoms with Crippen LogP contribution in [0.3, 0.4) is 0 Å². The fourth-order valence-electron chi connectivity index (χ4n) is 1.96.